The highest BCUT2D eigenvalue weighted by Crippen LogP contribution is 2.20. The smallest absolute Gasteiger partial charge is 0.273 e. The zero-order chi connectivity index (χ0) is 15.7. The topological polar surface area (TPSA) is 79.8 Å². The Kier molecular flexibility index (Phi) is 3.97. The minimum atomic E-state index is -0.273. The van der Waals surface area contributed by atoms with Crippen LogP contribution in [0.2, 0.25) is 0 Å². The summed E-state index contributed by atoms with van der Waals surface area (Å²) in [6, 6.07) is 1.89. The Balaban J connectivity index is 2.31. The van der Waals surface area contributed by atoms with Crippen LogP contribution in [0.25, 0.3) is 0 Å². The van der Waals surface area contributed by atoms with Crippen molar-refractivity contribution in [3.63, 3.8) is 0 Å². The van der Waals surface area contributed by atoms with Crippen LogP contribution in [0.3, 0.4) is 0 Å². The van der Waals surface area contributed by atoms with E-state index in [1.165, 1.54) is 6.92 Å². The molecule has 0 aliphatic carbocycles. The van der Waals surface area contributed by atoms with Crippen LogP contribution in [0, 0.1) is 13.8 Å². The van der Waals surface area contributed by atoms with Gasteiger partial charge >= 0.3 is 0 Å². The van der Waals surface area contributed by atoms with Gasteiger partial charge in [-0.2, -0.15) is 5.10 Å². The molecule has 6 nitrogen and oxygen atoms in total. The fraction of sp³-hybridized carbons (Fsp3) is 0.400. The summed E-state index contributed by atoms with van der Waals surface area (Å²) in [5.74, 6) is 0.309. The first-order valence-corrected chi connectivity index (χ1v) is 6.87. The van der Waals surface area contributed by atoms with E-state index in [9.17, 15) is 9.59 Å². The van der Waals surface area contributed by atoms with Gasteiger partial charge in [0.15, 0.2) is 5.78 Å². The lowest BCUT2D eigenvalue weighted by Crippen LogP contribution is -2.18. The van der Waals surface area contributed by atoms with Crippen molar-refractivity contribution in [2.45, 2.75) is 40.7 Å². The molecule has 2 heterocycles. The normalized spacial score (nSPS) is 11.0. The van der Waals surface area contributed by atoms with Gasteiger partial charge in [-0.1, -0.05) is 0 Å². The minimum absolute atomic E-state index is 0.0486. The van der Waals surface area contributed by atoms with Crippen molar-refractivity contribution >= 4 is 17.5 Å². The molecule has 0 atom stereocenters. The first kappa shape index (κ1) is 15.0. The molecule has 0 spiro atoms. The summed E-state index contributed by atoms with van der Waals surface area (Å²) in [6.07, 6.45) is 1.64. The molecule has 21 heavy (non-hydrogen) atoms. The number of carbonyl (C=O) groups excluding carboxylic acids is 2. The van der Waals surface area contributed by atoms with E-state index in [0.29, 0.717) is 28.3 Å². The molecule has 0 fully saturated rings. The number of hydrogen-bond donors (Lipinski definition) is 2. The van der Waals surface area contributed by atoms with Crippen LogP contribution in [-0.2, 0) is 0 Å². The van der Waals surface area contributed by atoms with E-state index in [-0.39, 0.29) is 17.7 Å². The number of rotatable bonds is 4. The number of H-pyrrole nitrogens is 1. The van der Waals surface area contributed by atoms with Crippen molar-refractivity contribution in [1.29, 1.82) is 0 Å². The van der Waals surface area contributed by atoms with Crippen LogP contribution < -0.4 is 5.32 Å². The van der Waals surface area contributed by atoms with Gasteiger partial charge in [0, 0.05) is 23.4 Å². The Labute approximate surface area is 123 Å². The summed E-state index contributed by atoms with van der Waals surface area (Å²) in [5, 5.41) is 7.00. The number of ketones is 1. The molecular weight excluding hydrogens is 268 g/mol. The van der Waals surface area contributed by atoms with Crippen LogP contribution in [0.15, 0.2) is 12.3 Å². The molecule has 0 radical (unpaired) electrons. The highest BCUT2D eigenvalue weighted by Gasteiger charge is 2.20. The Morgan fingerprint density at radius 2 is 2.00 bits per heavy atom. The second-order valence-corrected chi connectivity index (χ2v) is 5.39. The summed E-state index contributed by atoms with van der Waals surface area (Å²) in [7, 11) is 0. The molecule has 0 bridgehead atoms. The summed E-state index contributed by atoms with van der Waals surface area (Å²) < 4.78 is 1.73. The molecule has 112 valence electrons. The first-order chi connectivity index (χ1) is 9.82. The van der Waals surface area contributed by atoms with Crippen LogP contribution in [-0.4, -0.2) is 26.5 Å². The number of amides is 1. The molecule has 2 N–H and O–H groups in total. The third-order valence-electron chi connectivity index (χ3n) is 3.42. The fourth-order valence-electron chi connectivity index (χ4n) is 2.51. The van der Waals surface area contributed by atoms with Crippen LogP contribution in [0.5, 0.6) is 0 Å². The van der Waals surface area contributed by atoms with Crippen molar-refractivity contribution in [3.05, 3.63) is 34.8 Å². The van der Waals surface area contributed by atoms with E-state index >= 15 is 0 Å². The van der Waals surface area contributed by atoms with E-state index in [0.717, 1.165) is 0 Å². The molecular formula is C15H20N4O2. The minimum Gasteiger partial charge on any atom is -0.354 e. The molecule has 0 aliphatic rings. The van der Waals surface area contributed by atoms with Gasteiger partial charge in [-0.25, -0.2) is 4.68 Å². The molecule has 0 aromatic carbocycles. The van der Waals surface area contributed by atoms with Crippen LogP contribution in [0.4, 0.5) is 5.82 Å². The van der Waals surface area contributed by atoms with Gasteiger partial charge in [-0.05, 0) is 40.2 Å². The van der Waals surface area contributed by atoms with Gasteiger partial charge in [-0.15, -0.1) is 0 Å². The number of aromatic amines is 1. The number of nitrogens with zero attached hydrogens (tertiary/aromatic N) is 2. The Hall–Kier alpha value is -2.37. The number of carbonyl (C=O) groups is 2. The molecule has 0 saturated carbocycles. The zero-order valence-corrected chi connectivity index (χ0v) is 12.9. The van der Waals surface area contributed by atoms with E-state index < -0.39 is 0 Å². The average molecular weight is 288 g/mol. The zero-order valence-electron chi connectivity index (χ0n) is 12.9. The van der Waals surface area contributed by atoms with Gasteiger partial charge in [0.2, 0.25) is 0 Å². The largest absolute Gasteiger partial charge is 0.354 e. The van der Waals surface area contributed by atoms with Gasteiger partial charge < -0.3 is 10.3 Å². The standard InChI is InChI=1S/C15H20N4O2/c1-8(2)19-12(6-7-16-19)18-15(21)14-9(3)13(11(5)20)10(4)17-14/h6-8,17H,1-5H3,(H,18,21). The maximum Gasteiger partial charge on any atom is 0.273 e. The van der Waals surface area contributed by atoms with Crippen LogP contribution in [0.1, 0.15) is 58.9 Å². The van der Waals surface area contributed by atoms with E-state index in [2.05, 4.69) is 15.4 Å². The maximum atomic E-state index is 12.4. The molecule has 2 rings (SSSR count). The molecule has 0 saturated heterocycles. The fourth-order valence-corrected chi connectivity index (χ4v) is 2.51. The lowest BCUT2D eigenvalue weighted by Gasteiger charge is -2.11. The molecule has 1 amide bonds. The van der Waals surface area contributed by atoms with E-state index in [4.69, 9.17) is 0 Å². The summed E-state index contributed by atoms with van der Waals surface area (Å²) in [4.78, 5) is 27.0. The van der Waals surface area contributed by atoms with E-state index in [1.807, 2.05) is 13.8 Å². The second kappa shape index (κ2) is 5.55. The lowest BCUT2D eigenvalue weighted by molar-refractivity contribution is 0.101. The number of anilines is 1. The van der Waals surface area contributed by atoms with Crippen molar-refractivity contribution < 1.29 is 9.59 Å². The third-order valence-corrected chi connectivity index (χ3v) is 3.42. The van der Waals surface area contributed by atoms with Crippen molar-refractivity contribution in [2.24, 2.45) is 0 Å². The molecule has 6 heteroatoms. The average Bonchev–Trinajstić information content (AvgIpc) is 2.93. The molecule has 2 aromatic rings. The Bertz CT molecular complexity index is 695. The summed E-state index contributed by atoms with van der Waals surface area (Å²) in [6.45, 7) is 9.04. The number of aryl methyl sites for hydroxylation is 1. The highest BCUT2D eigenvalue weighted by molar-refractivity contribution is 6.07. The number of hydrogen-bond acceptors (Lipinski definition) is 3. The van der Waals surface area contributed by atoms with Gasteiger partial charge in [-0.3, -0.25) is 9.59 Å². The number of aromatic nitrogens is 3. The number of Topliss-reactive ketones (excluding diaryl/α,β-unsaturated/α-hetero) is 1. The van der Waals surface area contributed by atoms with Crippen LogP contribution >= 0.6 is 0 Å². The van der Waals surface area contributed by atoms with Crippen molar-refractivity contribution in [1.82, 2.24) is 14.8 Å². The summed E-state index contributed by atoms with van der Waals surface area (Å²) >= 11 is 0. The van der Waals surface area contributed by atoms with Gasteiger partial charge in [0.05, 0.1) is 6.20 Å². The highest BCUT2D eigenvalue weighted by atomic mass is 16.2. The summed E-state index contributed by atoms with van der Waals surface area (Å²) in [5.41, 5.74) is 2.38. The molecule has 0 aliphatic heterocycles. The molecule has 0 unspecified atom stereocenters. The van der Waals surface area contributed by atoms with Crippen molar-refractivity contribution in [3.8, 4) is 0 Å². The number of nitrogens with one attached hydrogen (secondary N) is 2. The SMILES string of the molecule is CC(=O)c1c(C)[nH]c(C(=O)Nc2ccnn2C(C)C)c1C. The third kappa shape index (κ3) is 2.74. The van der Waals surface area contributed by atoms with Gasteiger partial charge in [0.25, 0.3) is 5.91 Å². The van der Waals surface area contributed by atoms with Crippen molar-refractivity contribution in [2.75, 3.05) is 5.32 Å². The maximum absolute atomic E-state index is 12.4. The molecule has 2 aromatic heterocycles. The monoisotopic (exact) mass is 288 g/mol. The second-order valence-electron chi connectivity index (χ2n) is 5.39. The van der Waals surface area contributed by atoms with Gasteiger partial charge in [0.1, 0.15) is 11.5 Å². The Morgan fingerprint density at radius 3 is 2.52 bits per heavy atom. The Morgan fingerprint density at radius 1 is 1.33 bits per heavy atom. The lowest BCUT2D eigenvalue weighted by atomic mass is 10.1. The predicted molar refractivity (Wildman–Crippen MR) is 80.8 cm³/mol. The first-order valence-electron chi connectivity index (χ1n) is 6.87. The quantitative estimate of drug-likeness (QED) is 0.849. The predicted octanol–water partition coefficient (Wildman–Crippen LogP) is 2.86. The van der Waals surface area contributed by atoms with E-state index in [1.54, 1.807) is 30.8 Å².